The monoisotopic (exact) mass is 208 g/mol. The summed E-state index contributed by atoms with van der Waals surface area (Å²) in [6.45, 7) is 4.42. The largest absolute Gasteiger partial charge is 0.342 e. The van der Waals surface area contributed by atoms with Crippen LogP contribution in [0.4, 0.5) is 0 Å². The highest BCUT2D eigenvalue weighted by atomic mass is 16.2. The maximum atomic E-state index is 11.7. The van der Waals surface area contributed by atoms with Gasteiger partial charge in [0.05, 0.1) is 0 Å². The molecular weight excluding hydrogens is 188 g/mol. The average molecular weight is 208 g/mol. The predicted molar refractivity (Wildman–Crippen MR) is 58.4 cm³/mol. The minimum Gasteiger partial charge on any atom is -0.342 e. The van der Waals surface area contributed by atoms with Crippen LogP contribution < -0.4 is 5.32 Å². The summed E-state index contributed by atoms with van der Waals surface area (Å²) in [5, 5.41) is 3.44. The number of nitrogens with zero attached hydrogens (tertiary/aromatic N) is 1. The molecule has 0 bridgehead atoms. The van der Waals surface area contributed by atoms with Crippen molar-refractivity contribution < 1.29 is 4.79 Å². The Morgan fingerprint density at radius 3 is 3.07 bits per heavy atom. The molecule has 0 radical (unpaired) electrons. The Labute approximate surface area is 91.2 Å². The van der Waals surface area contributed by atoms with Crippen LogP contribution in [0.5, 0.6) is 0 Å². The van der Waals surface area contributed by atoms with E-state index in [1.165, 1.54) is 32.2 Å². The molecule has 3 rings (SSSR count). The Kier molecular flexibility index (Phi) is 2.43. The van der Waals surface area contributed by atoms with Crippen molar-refractivity contribution in [2.45, 2.75) is 25.7 Å². The van der Waals surface area contributed by atoms with Gasteiger partial charge in [-0.05, 0) is 50.6 Å². The van der Waals surface area contributed by atoms with Crippen LogP contribution in [-0.4, -0.2) is 37.0 Å². The molecule has 3 heteroatoms. The Balaban J connectivity index is 1.43. The first-order valence-corrected chi connectivity index (χ1v) is 6.34. The lowest BCUT2D eigenvalue weighted by molar-refractivity contribution is -0.130. The number of likely N-dealkylation sites (tertiary alicyclic amines) is 1. The van der Waals surface area contributed by atoms with E-state index in [2.05, 4.69) is 10.2 Å². The summed E-state index contributed by atoms with van der Waals surface area (Å²) < 4.78 is 0. The van der Waals surface area contributed by atoms with Gasteiger partial charge < -0.3 is 10.2 Å². The molecular formula is C12H20N2O. The zero-order valence-corrected chi connectivity index (χ0v) is 9.24. The fourth-order valence-corrected chi connectivity index (χ4v) is 3.07. The molecule has 0 aromatic carbocycles. The van der Waals surface area contributed by atoms with Crippen LogP contribution >= 0.6 is 0 Å². The first-order chi connectivity index (χ1) is 7.34. The van der Waals surface area contributed by atoms with Crippen molar-refractivity contribution in [2.75, 3.05) is 26.2 Å². The molecule has 3 unspecified atom stereocenters. The standard InChI is InChI=1S/C12H20N2O/c15-12-11-6-10(11)8-14(12)5-3-9-2-1-4-13-7-9/h9-11,13H,1-8H2. The zero-order chi connectivity index (χ0) is 10.3. The van der Waals surface area contributed by atoms with Crippen LogP contribution in [0.3, 0.4) is 0 Å². The fourth-order valence-electron chi connectivity index (χ4n) is 3.07. The van der Waals surface area contributed by atoms with E-state index in [0.717, 1.165) is 31.5 Å². The summed E-state index contributed by atoms with van der Waals surface area (Å²) in [6.07, 6.45) is 5.05. The molecule has 3 aliphatic rings. The van der Waals surface area contributed by atoms with Gasteiger partial charge in [0, 0.05) is 19.0 Å². The van der Waals surface area contributed by atoms with Gasteiger partial charge in [-0.1, -0.05) is 0 Å². The molecule has 84 valence electrons. The van der Waals surface area contributed by atoms with Crippen molar-refractivity contribution in [3.63, 3.8) is 0 Å². The number of carbonyl (C=O) groups is 1. The number of piperidine rings is 2. The molecule has 2 aliphatic heterocycles. The summed E-state index contributed by atoms with van der Waals surface area (Å²) in [6, 6.07) is 0. The van der Waals surface area contributed by atoms with E-state index in [-0.39, 0.29) is 0 Å². The summed E-state index contributed by atoms with van der Waals surface area (Å²) in [4.78, 5) is 13.8. The van der Waals surface area contributed by atoms with Gasteiger partial charge in [-0.3, -0.25) is 4.79 Å². The molecule has 3 atom stereocenters. The van der Waals surface area contributed by atoms with Crippen molar-refractivity contribution in [2.24, 2.45) is 17.8 Å². The second-order valence-corrected chi connectivity index (χ2v) is 5.39. The molecule has 2 saturated heterocycles. The zero-order valence-electron chi connectivity index (χ0n) is 9.24. The number of amides is 1. The third kappa shape index (κ3) is 1.89. The molecule has 3 nitrogen and oxygen atoms in total. The van der Waals surface area contributed by atoms with E-state index >= 15 is 0 Å². The molecule has 1 saturated carbocycles. The van der Waals surface area contributed by atoms with Crippen LogP contribution in [-0.2, 0) is 4.79 Å². The van der Waals surface area contributed by atoms with Crippen molar-refractivity contribution in [3.05, 3.63) is 0 Å². The minimum atomic E-state index is 0.439. The second kappa shape index (κ2) is 3.78. The van der Waals surface area contributed by atoms with Crippen LogP contribution in [0.25, 0.3) is 0 Å². The van der Waals surface area contributed by atoms with E-state index in [1.807, 2.05) is 0 Å². The molecule has 2 heterocycles. The second-order valence-electron chi connectivity index (χ2n) is 5.39. The lowest BCUT2D eigenvalue weighted by atomic mass is 9.96. The van der Waals surface area contributed by atoms with Gasteiger partial charge in [0.15, 0.2) is 0 Å². The number of fused-ring (bicyclic) bond motifs is 1. The molecule has 0 aromatic heterocycles. The van der Waals surface area contributed by atoms with Gasteiger partial charge in [-0.25, -0.2) is 0 Å². The summed E-state index contributed by atoms with van der Waals surface area (Å²) >= 11 is 0. The lowest BCUT2D eigenvalue weighted by Gasteiger charge is -2.25. The number of rotatable bonds is 3. The Morgan fingerprint density at radius 1 is 1.47 bits per heavy atom. The third-order valence-corrected chi connectivity index (χ3v) is 4.21. The van der Waals surface area contributed by atoms with Gasteiger partial charge >= 0.3 is 0 Å². The quantitative estimate of drug-likeness (QED) is 0.746. The minimum absolute atomic E-state index is 0.439. The van der Waals surface area contributed by atoms with Crippen LogP contribution in [0.2, 0.25) is 0 Å². The van der Waals surface area contributed by atoms with Gasteiger partial charge in [0.2, 0.25) is 5.91 Å². The Hall–Kier alpha value is -0.570. The average Bonchev–Trinajstić information content (AvgIpc) is 2.98. The van der Waals surface area contributed by atoms with E-state index in [0.29, 0.717) is 11.8 Å². The van der Waals surface area contributed by atoms with Gasteiger partial charge in [-0.2, -0.15) is 0 Å². The summed E-state index contributed by atoms with van der Waals surface area (Å²) in [5.74, 6) is 2.43. The molecule has 0 spiro atoms. The molecule has 1 N–H and O–H groups in total. The number of hydrogen-bond acceptors (Lipinski definition) is 2. The van der Waals surface area contributed by atoms with Crippen molar-refractivity contribution in [3.8, 4) is 0 Å². The fraction of sp³-hybridized carbons (Fsp3) is 0.917. The van der Waals surface area contributed by atoms with Gasteiger partial charge in [0.1, 0.15) is 0 Å². The smallest absolute Gasteiger partial charge is 0.226 e. The molecule has 1 aliphatic carbocycles. The van der Waals surface area contributed by atoms with Crippen LogP contribution in [0, 0.1) is 17.8 Å². The van der Waals surface area contributed by atoms with E-state index < -0.39 is 0 Å². The highest BCUT2D eigenvalue weighted by Gasteiger charge is 2.51. The Morgan fingerprint density at radius 2 is 2.40 bits per heavy atom. The molecule has 3 fully saturated rings. The molecule has 1 amide bonds. The number of hydrogen-bond donors (Lipinski definition) is 1. The van der Waals surface area contributed by atoms with Crippen molar-refractivity contribution in [1.29, 1.82) is 0 Å². The third-order valence-electron chi connectivity index (χ3n) is 4.21. The maximum absolute atomic E-state index is 11.7. The van der Waals surface area contributed by atoms with E-state index in [1.54, 1.807) is 0 Å². The molecule has 0 aromatic rings. The van der Waals surface area contributed by atoms with Crippen LogP contribution in [0.15, 0.2) is 0 Å². The van der Waals surface area contributed by atoms with Gasteiger partial charge in [-0.15, -0.1) is 0 Å². The highest BCUT2D eigenvalue weighted by Crippen LogP contribution is 2.45. The number of nitrogens with one attached hydrogen (secondary N) is 1. The van der Waals surface area contributed by atoms with Crippen molar-refractivity contribution >= 4 is 5.91 Å². The van der Waals surface area contributed by atoms with Crippen molar-refractivity contribution in [1.82, 2.24) is 10.2 Å². The summed E-state index contributed by atoms with van der Waals surface area (Å²) in [5.41, 5.74) is 0. The topological polar surface area (TPSA) is 32.3 Å². The maximum Gasteiger partial charge on any atom is 0.226 e. The lowest BCUT2D eigenvalue weighted by Crippen LogP contribution is -2.34. The summed E-state index contributed by atoms with van der Waals surface area (Å²) in [7, 11) is 0. The van der Waals surface area contributed by atoms with Gasteiger partial charge in [0.25, 0.3) is 0 Å². The van der Waals surface area contributed by atoms with Crippen LogP contribution in [0.1, 0.15) is 25.7 Å². The number of carbonyl (C=O) groups excluding carboxylic acids is 1. The normalized spacial score (nSPS) is 39.3. The van der Waals surface area contributed by atoms with E-state index in [9.17, 15) is 4.79 Å². The predicted octanol–water partition coefficient (Wildman–Crippen LogP) is 0.854. The first-order valence-electron chi connectivity index (χ1n) is 6.34. The Bertz CT molecular complexity index is 260. The SMILES string of the molecule is O=C1C2CC2CN1CCC1CCCNC1. The van der Waals surface area contributed by atoms with E-state index in [4.69, 9.17) is 0 Å². The highest BCUT2D eigenvalue weighted by molar-refractivity contribution is 5.84. The first kappa shape index (κ1) is 9.64. The molecule has 15 heavy (non-hydrogen) atoms.